The Bertz CT molecular complexity index is 531. The summed E-state index contributed by atoms with van der Waals surface area (Å²) in [6.07, 6.45) is 3.18. The van der Waals surface area contributed by atoms with Gasteiger partial charge in [-0.25, -0.2) is 4.39 Å². The van der Waals surface area contributed by atoms with E-state index in [1.54, 1.807) is 12.1 Å². The average molecular weight is 344 g/mol. The lowest BCUT2D eigenvalue weighted by molar-refractivity contribution is -0.142. The number of benzene rings is 1. The number of halogens is 2. The standard InChI is InChI=1S/C14H15BrFNO3/c1-2-7-17(9-14(19)20)13(18)6-3-10-8-11(15)4-5-12(10)16/h3-6,8H,2,7,9H2,1H3,(H,19,20)/b6-3+. The van der Waals surface area contributed by atoms with Crippen LogP contribution in [0, 0.1) is 5.82 Å². The van der Waals surface area contributed by atoms with Crippen LogP contribution >= 0.6 is 15.9 Å². The van der Waals surface area contributed by atoms with Gasteiger partial charge in [-0.1, -0.05) is 22.9 Å². The second-order valence-corrected chi connectivity index (χ2v) is 5.07. The van der Waals surface area contributed by atoms with Gasteiger partial charge < -0.3 is 10.0 Å². The molecule has 0 aromatic heterocycles. The van der Waals surface area contributed by atoms with Gasteiger partial charge in [0.25, 0.3) is 0 Å². The predicted octanol–water partition coefficient (Wildman–Crippen LogP) is 2.92. The monoisotopic (exact) mass is 343 g/mol. The number of carboxylic acid groups (broad SMARTS) is 1. The van der Waals surface area contributed by atoms with Gasteiger partial charge >= 0.3 is 5.97 Å². The third-order valence-electron chi connectivity index (χ3n) is 2.49. The number of carboxylic acids is 1. The fraction of sp³-hybridized carbons (Fsp3) is 0.286. The quantitative estimate of drug-likeness (QED) is 0.808. The smallest absolute Gasteiger partial charge is 0.323 e. The summed E-state index contributed by atoms with van der Waals surface area (Å²) in [5, 5.41) is 8.74. The zero-order chi connectivity index (χ0) is 15.1. The molecule has 1 N–H and O–H groups in total. The van der Waals surface area contributed by atoms with Crippen LogP contribution in [0.4, 0.5) is 4.39 Å². The molecule has 20 heavy (non-hydrogen) atoms. The Kier molecular flexibility index (Phi) is 6.38. The highest BCUT2D eigenvalue weighted by Crippen LogP contribution is 2.16. The number of nitrogens with zero attached hydrogens (tertiary/aromatic N) is 1. The Morgan fingerprint density at radius 2 is 2.15 bits per heavy atom. The van der Waals surface area contributed by atoms with Crippen LogP contribution in [0.15, 0.2) is 28.7 Å². The first-order chi connectivity index (χ1) is 9.43. The molecular weight excluding hydrogens is 329 g/mol. The highest BCUT2D eigenvalue weighted by molar-refractivity contribution is 9.10. The molecule has 4 nitrogen and oxygen atoms in total. The van der Waals surface area contributed by atoms with E-state index in [0.29, 0.717) is 17.4 Å². The molecule has 0 saturated heterocycles. The third-order valence-corrected chi connectivity index (χ3v) is 2.99. The molecule has 1 amide bonds. The molecule has 0 aliphatic rings. The van der Waals surface area contributed by atoms with Gasteiger partial charge in [-0.05, 0) is 30.7 Å². The second-order valence-electron chi connectivity index (χ2n) is 4.15. The number of amides is 1. The molecule has 0 unspecified atom stereocenters. The van der Waals surface area contributed by atoms with Crippen LogP contribution < -0.4 is 0 Å². The molecule has 1 aromatic rings. The lowest BCUT2D eigenvalue weighted by Crippen LogP contribution is -2.35. The Balaban J connectivity index is 2.83. The maximum Gasteiger partial charge on any atom is 0.323 e. The number of carbonyl (C=O) groups excluding carboxylic acids is 1. The van der Waals surface area contributed by atoms with E-state index in [-0.39, 0.29) is 12.1 Å². The largest absolute Gasteiger partial charge is 0.480 e. The molecule has 0 aliphatic heterocycles. The second kappa shape index (κ2) is 7.79. The molecular formula is C14H15BrFNO3. The number of hydrogen-bond donors (Lipinski definition) is 1. The van der Waals surface area contributed by atoms with Crippen molar-refractivity contribution in [2.24, 2.45) is 0 Å². The van der Waals surface area contributed by atoms with Crippen molar-refractivity contribution in [3.8, 4) is 0 Å². The van der Waals surface area contributed by atoms with Crippen LogP contribution in [0.25, 0.3) is 6.08 Å². The number of aliphatic carboxylic acids is 1. The van der Waals surface area contributed by atoms with Gasteiger partial charge in [0.05, 0.1) is 0 Å². The van der Waals surface area contributed by atoms with E-state index in [1.165, 1.54) is 23.1 Å². The summed E-state index contributed by atoms with van der Waals surface area (Å²) in [7, 11) is 0. The fourth-order valence-electron chi connectivity index (χ4n) is 1.61. The van der Waals surface area contributed by atoms with E-state index in [2.05, 4.69) is 15.9 Å². The van der Waals surface area contributed by atoms with Gasteiger partial charge in [0.1, 0.15) is 12.4 Å². The van der Waals surface area contributed by atoms with Gasteiger partial charge in [-0.3, -0.25) is 9.59 Å². The zero-order valence-electron chi connectivity index (χ0n) is 11.0. The summed E-state index contributed by atoms with van der Waals surface area (Å²) < 4.78 is 14.2. The van der Waals surface area contributed by atoms with Crippen molar-refractivity contribution in [1.82, 2.24) is 4.90 Å². The van der Waals surface area contributed by atoms with Crippen LogP contribution in [0.1, 0.15) is 18.9 Å². The normalized spacial score (nSPS) is 10.8. The Morgan fingerprint density at radius 3 is 2.75 bits per heavy atom. The van der Waals surface area contributed by atoms with E-state index < -0.39 is 17.7 Å². The molecule has 0 spiro atoms. The van der Waals surface area contributed by atoms with Gasteiger partial charge in [-0.15, -0.1) is 0 Å². The highest BCUT2D eigenvalue weighted by atomic mass is 79.9. The van der Waals surface area contributed by atoms with Crippen LogP contribution in [0.2, 0.25) is 0 Å². The van der Waals surface area contributed by atoms with Crippen molar-refractivity contribution in [1.29, 1.82) is 0 Å². The summed E-state index contributed by atoms with van der Waals surface area (Å²) in [4.78, 5) is 23.8. The number of rotatable bonds is 6. The minimum atomic E-state index is -1.08. The Labute approximate surface area is 125 Å². The van der Waals surface area contributed by atoms with E-state index in [9.17, 15) is 14.0 Å². The first-order valence-corrected chi connectivity index (χ1v) is 6.87. The van der Waals surface area contributed by atoms with Gasteiger partial charge in [-0.2, -0.15) is 0 Å². The summed E-state index contributed by atoms with van der Waals surface area (Å²) in [6, 6.07) is 4.39. The maximum absolute atomic E-state index is 13.5. The highest BCUT2D eigenvalue weighted by Gasteiger charge is 2.13. The van der Waals surface area contributed by atoms with Crippen LogP contribution in [0.5, 0.6) is 0 Å². The van der Waals surface area contributed by atoms with E-state index in [0.717, 1.165) is 0 Å². The molecule has 0 aliphatic carbocycles. The molecule has 108 valence electrons. The van der Waals surface area contributed by atoms with Crippen molar-refractivity contribution in [2.75, 3.05) is 13.1 Å². The third kappa shape index (κ3) is 5.13. The topological polar surface area (TPSA) is 57.6 Å². The average Bonchev–Trinajstić information content (AvgIpc) is 2.38. The summed E-state index contributed by atoms with van der Waals surface area (Å²) in [5.74, 6) is -1.97. The molecule has 0 atom stereocenters. The molecule has 0 fully saturated rings. The van der Waals surface area contributed by atoms with Crippen molar-refractivity contribution in [3.05, 3.63) is 40.1 Å². The maximum atomic E-state index is 13.5. The zero-order valence-corrected chi connectivity index (χ0v) is 12.6. The molecule has 0 bridgehead atoms. The first-order valence-electron chi connectivity index (χ1n) is 6.08. The van der Waals surface area contributed by atoms with Gasteiger partial charge in [0.2, 0.25) is 5.91 Å². The van der Waals surface area contributed by atoms with Crippen molar-refractivity contribution in [2.45, 2.75) is 13.3 Å². The first kappa shape index (κ1) is 16.4. The lowest BCUT2D eigenvalue weighted by atomic mass is 10.2. The molecule has 0 saturated carbocycles. The van der Waals surface area contributed by atoms with E-state index in [1.807, 2.05) is 6.92 Å². The summed E-state index contributed by atoms with van der Waals surface area (Å²) >= 11 is 3.22. The number of hydrogen-bond acceptors (Lipinski definition) is 2. The molecule has 0 heterocycles. The minimum absolute atomic E-state index is 0.263. The molecule has 1 rings (SSSR count). The SMILES string of the molecule is CCCN(CC(=O)O)C(=O)/C=C/c1cc(Br)ccc1F. The predicted molar refractivity (Wildman–Crippen MR) is 77.6 cm³/mol. The summed E-state index contributed by atoms with van der Waals surface area (Å²) in [5.41, 5.74) is 0.263. The van der Waals surface area contributed by atoms with Crippen molar-refractivity contribution < 1.29 is 19.1 Å². The fourth-order valence-corrected chi connectivity index (χ4v) is 1.99. The summed E-state index contributed by atoms with van der Waals surface area (Å²) in [6.45, 7) is 1.83. The van der Waals surface area contributed by atoms with Gasteiger partial charge in [0.15, 0.2) is 0 Å². The van der Waals surface area contributed by atoms with Gasteiger partial charge in [0, 0.05) is 22.7 Å². The van der Waals surface area contributed by atoms with Crippen LogP contribution in [-0.2, 0) is 9.59 Å². The Hall–Kier alpha value is -1.69. The number of carbonyl (C=O) groups is 2. The minimum Gasteiger partial charge on any atom is -0.480 e. The van der Waals surface area contributed by atoms with Crippen LogP contribution in [-0.4, -0.2) is 35.0 Å². The van der Waals surface area contributed by atoms with Crippen molar-refractivity contribution >= 4 is 33.9 Å². The molecule has 6 heteroatoms. The molecule has 1 aromatic carbocycles. The molecule has 0 radical (unpaired) electrons. The lowest BCUT2D eigenvalue weighted by Gasteiger charge is -2.17. The van der Waals surface area contributed by atoms with Crippen LogP contribution in [0.3, 0.4) is 0 Å². The van der Waals surface area contributed by atoms with E-state index >= 15 is 0 Å². The van der Waals surface area contributed by atoms with Crippen molar-refractivity contribution in [3.63, 3.8) is 0 Å². The van der Waals surface area contributed by atoms with E-state index in [4.69, 9.17) is 5.11 Å². The Morgan fingerprint density at radius 1 is 1.45 bits per heavy atom.